The van der Waals surface area contributed by atoms with Crippen molar-refractivity contribution in [3.05, 3.63) is 143 Å². The highest BCUT2D eigenvalue weighted by molar-refractivity contribution is 6.88. The number of nitrogens with zero attached hydrogens (tertiary/aromatic N) is 3. The van der Waals surface area contributed by atoms with Gasteiger partial charge in [0.15, 0.2) is 22.8 Å². The molecule has 8 aromatic rings. The minimum atomic E-state index is -1.72. The van der Waals surface area contributed by atoms with Gasteiger partial charge < -0.3 is 4.42 Å². The van der Waals surface area contributed by atoms with Crippen molar-refractivity contribution in [1.82, 2.24) is 4.57 Å². The molecule has 5 heteroatoms. The Morgan fingerprint density at radius 1 is 0.694 bits per heavy atom. The van der Waals surface area contributed by atoms with Crippen molar-refractivity contribution in [2.24, 2.45) is 0 Å². The van der Waals surface area contributed by atoms with Gasteiger partial charge in [-0.3, -0.25) is 0 Å². The molecule has 238 valence electrons. The van der Waals surface area contributed by atoms with Crippen LogP contribution >= 0.6 is 0 Å². The van der Waals surface area contributed by atoms with E-state index in [0.29, 0.717) is 0 Å². The van der Waals surface area contributed by atoms with Crippen molar-refractivity contribution in [2.75, 3.05) is 0 Å². The van der Waals surface area contributed by atoms with E-state index in [9.17, 15) is 0 Å². The Hall–Kier alpha value is -5.26. The van der Waals surface area contributed by atoms with Gasteiger partial charge in [0, 0.05) is 22.0 Å². The number of hydrogen-bond acceptors (Lipinski definition) is 1. The topological polar surface area (TPSA) is 25.8 Å². The SMILES string of the molecule is Cc1ccc2c(c1)C1(c3ccc4c(oc5ccccc54)c3-c3n(-c4c(C)cccc4C)c4ccccc4[n+]31)[n+]1cc([Si](C)(C)C)c(C)cc1-2. The first-order chi connectivity index (χ1) is 23.6. The second-order valence-corrected chi connectivity index (χ2v) is 20.3. The van der Waals surface area contributed by atoms with E-state index in [1.807, 2.05) is 0 Å². The second-order valence-electron chi connectivity index (χ2n) is 15.3. The maximum atomic E-state index is 6.97. The van der Waals surface area contributed by atoms with Gasteiger partial charge in [-0.25, -0.2) is 0 Å². The maximum absolute atomic E-state index is 6.97. The molecule has 2 aliphatic rings. The van der Waals surface area contributed by atoms with Gasteiger partial charge in [-0.2, -0.15) is 4.57 Å². The fourth-order valence-electron chi connectivity index (χ4n) is 9.24. The van der Waals surface area contributed by atoms with Gasteiger partial charge in [-0.15, -0.1) is 9.13 Å². The Balaban J connectivity index is 1.51. The molecule has 0 amide bonds. The van der Waals surface area contributed by atoms with Crippen LogP contribution in [0.4, 0.5) is 0 Å². The number of rotatable bonds is 2. The molecule has 0 radical (unpaired) electrons. The molecule has 49 heavy (non-hydrogen) atoms. The van der Waals surface area contributed by atoms with Crippen LogP contribution < -0.4 is 14.3 Å². The number of furan rings is 1. The summed E-state index contributed by atoms with van der Waals surface area (Å²) < 4.78 is 14.8. The molecule has 1 atom stereocenters. The van der Waals surface area contributed by atoms with E-state index in [2.05, 4.69) is 170 Å². The molecule has 1 unspecified atom stereocenters. The third kappa shape index (κ3) is 3.48. The summed E-state index contributed by atoms with van der Waals surface area (Å²) in [7, 11) is -1.72. The molecule has 0 bridgehead atoms. The molecule has 1 spiro atoms. The predicted molar refractivity (Wildman–Crippen MR) is 202 cm³/mol. The highest BCUT2D eigenvalue weighted by Crippen LogP contribution is 2.52. The molecule has 5 aromatic carbocycles. The lowest BCUT2D eigenvalue weighted by atomic mass is 9.88. The van der Waals surface area contributed by atoms with Crippen LogP contribution in [0.1, 0.15) is 33.4 Å². The fraction of sp³-hybridized carbons (Fsp3) is 0.182. The minimum Gasteiger partial charge on any atom is -0.455 e. The third-order valence-corrected chi connectivity index (χ3v) is 13.3. The largest absolute Gasteiger partial charge is 0.455 e. The van der Waals surface area contributed by atoms with Crippen LogP contribution in [-0.4, -0.2) is 12.6 Å². The monoisotopic (exact) mass is 653 g/mol. The van der Waals surface area contributed by atoms with Gasteiger partial charge in [0.1, 0.15) is 16.8 Å². The van der Waals surface area contributed by atoms with Gasteiger partial charge in [0.25, 0.3) is 0 Å². The zero-order chi connectivity index (χ0) is 33.6. The normalized spacial score (nSPS) is 16.1. The number of aryl methyl sites for hydroxylation is 4. The average Bonchev–Trinajstić information content (AvgIpc) is 3.77. The summed E-state index contributed by atoms with van der Waals surface area (Å²) in [6, 6.07) is 38.3. The van der Waals surface area contributed by atoms with Crippen LogP contribution in [-0.2, 0) is 5.66 Å². The van der Waals surface area contributed by atoms with E-state index in [1.165, 1.54) is 66.5 Å². The smallest absolute Gasteiger partial charge is 0.364 e. The number of para-hydroxylation sites is 4. The Kier molecular flexibility index (Phi) is 5.54. The molecular weight excluding hydrogens is 615 g/mol. The predicted octanol–water partition coefficient (Wildman–Crippen LogP) is 9.14. The van der Waals surface area contributed by atoms with E-state index in [-0.39, 0.29) is 0 Å². The summed E-state index contributed by atoms with van der Waals surface area (Å²) in [6.07, 6.45) is 2.52. The number of imidazole rings is 1. The summed E-state index contributed by atoms with van der Waals surface area (Å²) in [5.74, 6) is 1.15. The number of benzene rings is 5. The fourth-order valence-corrected chi connectivity index (χ4v) is 11.0. The van der Waals surface area contributed by atoms with Crippen molar-refractivity contribution in [2.45, 2.75) is 53.0 Å². The molecule has 10 rings (SSSR count). The van der Waals surface area contributed by atoms with Gasteiger partial charge >= 0.3 is 11.5 Å². The number of pyridine rings is 1. The third-order valence-electron chi connectivity index (χ3n) is 11.2. The summed E-state index contributed by atoms with van der Waals surface area (Å²) in [5, 5.41) is 3.78. The lowest BCUT2D eigenvalue weighted by molar-refractivity contribution is -0.944. The first-order valence-electron chi connectivity index (χ1n) is 17.4. The minimum absolute atomic E-state index is 0.669. The van der Waals surface area contributed by atoms with E-state index in [4.69, 9.17) is 4.42 Å². The van der Waals surface area contributed by atoms with Crippen molar-refractivity contribution >= 4 is 46.2 Å². The number of aromatic nitrogens is 3. The van der Waals surface area contributed by atoms with E-state index in [1.54, 1.807) is 0 Å². The quantitative estimate of drug-likeness (QED) is 0.135. The summed E-state index contributed by atoms with van der Waals surface area (Å²) in [5.41, 5.74) is 16.2. The molecule has 0 saturated carbocycles. The van der Waals surface area contributed by atoms with Crippen molar-refractivity contribution in [3.63, 3.8) is 0 Å². The lowest BCUT2D eigenvalue weighted by Gasteiger charge is -2.23. The van der Waals surface area contributed by atoms with Crippen molar-refractivity contribution < 1.29 is 13.6 Å². The Bertz CT molecular complexity index is 2740. The Labute approximate surface area is 287 Å². The number of fused-ring (bicyclic) bond motifs is 16. The molecule has 2 aliphatic heterocycles. The van der Waals surface area contributed by atoms with Crippen molar-refractivity contribution in [1.29, 1.82) is 0 Å². The first kappa shape index (κ1) is 28.7. The van der Waals surface area contributed by atoms with Gasteiger partial charge in [-0.1, -0.05) is 79.8 Å². The Morgan fingerprint density at radius 2 is 1.45 bits per heavy atom. The van der Waals surface area contributed by atoms with Crippen LogP contribution in [0.25, 0.3) is 61.3 Å². The summed E-state index contributed by atoms with van der Waals surface area (Å²) >= 11 is 0. The maximum Gasteiger partial charge on any atom is 0.364 e. The van der Waals surface area contributed by atoms with Gasteiger partial charge in [0.05, 0.1) is 24.8 Å². The van der Waals surface area contributed by atoms with Crippen LogP contribution in [0, 0.1) is 27.7 Å². The zero-order valence-corrected chi connectivity index (χ0v) is 30.1. The molecular formula is C44H39N3OSi+2. The van der Waals surface area contributed by atoms with Crippen LogP contribution in [0.3, 0.4) is 0 Å². The van der Waals surface area contributed by atoms with Crippen molar-refractivity contribution in [3.8, 4) is 28.3 Å². The molecule has 0 aliphatic carbocycles. The molecule has 3 aromatic heterocycles. The average molecular weight is 654 g/mol. The second kappa shape index (κ2) is 9.45. The van der Waals surface area contributed by atoms with Gasteiger partial charge in [-0.05, 0) is 86.8 Å². The first-order valence-corrected chi connectivity index (χ1v) is 20.9. The number of hydrogen-bond donors (Lipinski definition) is 0. The molecule has 4 nitrogen and oxygen atoms in total. The van der Waals surface area contributed by atoms with E-state index < -0.39 is 13.7 Å². The zero-order valence-electron chi connectivity index (χ0n) is 29.1. The van der Waals surface area contributed by atoms with Gasteiger partial charge in [0.2, 0.25) is 5.69 Å². The van der Waals surface area contributed by atoms with E-state index in [0.717, 1.165) is 33.3 Å². The molecule has 0 N–H and O–H groups in total. The van der Waals surface area contributed by atoms with Crippen LogP contribution in [0.2, 0.25) is 19.6 Å². The van der Waals surface area contributed by atoms with E-state index >= 15 is 0 Å². The van der Waals surface area contributed by atoms with Crippen LogP contribution in [0.5, 0.6) is 0 Å². The summed E-state index contributed by atoms with van der Waals surface area (Å²) in [6.45, 7) is 16.4. The molecule has 0 fully saturated rings. The van der Waals surface area contributed by atoms with Crippen LogP contribution in [0.15, 0.2) is 114 Å². The lowest BCUT2D eigenvalue weighted by Crippen LogP contribution is -2.72. The highest BCUT2D eigenvalue weighted by Gasteiger charge is 2.67. The summed E-state index contributed by atoms with van der Waals surface area (Å²) in [4.78, 5) is 0. The standard InChI is InChI=1S/C44H39N3OSi/c1-26-19-20-32-34(23-26)44(45-25-39(49(5,6)7)29(4)24-37(32)45)33-22-21-31-30-15-8-11-18-38(30)48-42(31)40(33)43-46(41-27(2)13-12-14-28(41)3)35-16-9-10-17-36(35)47(43)44/h8-25H,1-7H3/q+2. The molecule has 5 heterocycles. The molecule has 0 saturated heterocycles. The highest BCUT2D eigenvalue weighted by atomic mass is 28.3. The Morgan fingerprint density at radius 3 is 2.24 bits per heavy atom.